The molecule has 1 aliphatic rings. The largest absolute Gasteiger partial charge is 0.496 e. The zero-order valence-electron chi connectivity index (χ0n) is 12.9. The van der Waals surface area contributed by atoms with E-state index in [-0.39, 0.29) is 0 Å². The number of benzene rings is 1. The molecule has 0 aliphatic heterocycles. The Morgan fingerprint density at radius 1 is 1.15 bits per heavy atom. The first-order valence-electron chi connectivity index (χ1n) is 7.68. The molecule has 0 bridgehead atoms. The average molecular weight is 274 g/mol. The molecule has 0 heterocycles. The number of ether oxygens (including phenoxy) is 2. The summed E-state index contributed by atoms with van der Waals surface area (Å²) >= 11 is 0. The first-order valence-corrected chi connectivity index (χ1v) is 7.68. The van der Waals surface area contributed by atoms with Crippen LogP contribution in [0.2, 0.25) is 0 Å². The Balaban J connectivity index is 2.10. The fourth-order valence-corrected chi connectivity index (χ4v) is 2.89. The maximum absolute atomic E-state index is 6.10. The molecule has 0 radical (unpaired) electrons. The predicted octanol–water partition coefficient (Wildman–Crippen LogP) is 5.00. The Bertz CT molecular complexity index is 457. The third-order valence-corrected chi connectivity index (χ3v) is 4.07. The van der Waals surface area contributed by atoms with Gasteiger partial charge in [-0.15, -0.1) is 0 Å². The third kappa shape index (κ3) is 3.78. The Hall–Kier alpha value is -1.44. The van der Waals surface area contributed by atoms with Gasteiger partial charge in [-0.1, -0.05) is 31.4 Å². The lowest BCUT2D eigenvalue weighted by molar-refractivity contribution is 0.208. The summed E-state index contributed by atoms with van der Waals surface area (Å²) in [5, 5.41) is 0. The fourth-order valence-electron chi connectivity index (χ4n) is 2.89. The smallest absolute Gasteiger partial charge is 0.127 e. The van der Waals surface area contributed by atoms with Crippen LogP contribution in [0.25, 0.3) is 6.08 Å². The van der Waals surface area contributed by atoms with Gasteiger partial charge in [0.2, 0.25) is 0 Å². The molecular weight excluding hydrogens is 248 g/mol. The van der Waals surface area contributed by atoms with Gasteiger partial charge in [0.05, 0.1) is 13.7 Å². The number of aryl methyl sites for hydroxylation is 1. The standard InChI is InChI=1S/C18H26O2/c1-4-8-16-12-17(19-3)14(2)11-18(16)20-13-15-9-6-5-7-10-15/h4,8,11-12,15H,5-7,9-10,13H2,1-3H3/b8-4+. The van der Waals surface area contributed by atoms with E-state index in [0.717, 1.165) is 35.2 Å². The molecule has 0 N–H and O–H groups in total. The van der Waals surface area contributed by atoms with Gasteiger partial charge in [0, 0.05) is 5.56 Å². The maximum Gasteiger partial charge on any atom is 0.127 e. The van der Waals surface area contributed by atoms with Crippen LogP contribution in [-0.4, -0.2) is 13.7 Å². The van der Waals surface area contributed by atoms with Crippen LogP contribution in [-0.2, 0) is 0 Å². The molecule has 1 fully saturated rings. The van der Waals surface area contributed by atoms with Gasteiger partial charge < -0.3 is 9.47 Å². The van der Waals surface area contributed by atoms with E-state index in [1.54, 1.807) is 7.11 Å². The minimum absolute atomic E-state index is 0.726. The summed E-state index contributed by atoms with van der Waals surface area (Å²) in [7, 11) is 1.71. The van der Waals surface area contributed by atoms with Gasteiger partial charge in [-0.25, -0.2) is 0 Å². The highest BCUT2D eigenvalue weighted by atomic mass is 16.5. The molecule has 0 aromatic heterocycles. The summed E-state index contributed by atoms with van der Waals surface area (Å²) < 4.78 is 11.5. The summed E-state index contributed by atoms with van der Waals surface area (Å²) in [5.74, 6) is 2.62. The summed E-state index contributed by atoms with van der Waals surface area (Å²) in [4.78, 5) is 0. The Morgan fingerprint density at radius 3 is 2.55 bits per heavy atom. The fraction of sp³-hybridized carbons (Fsp3) is 0.556. The molecule has 2 nitrogen and oxygen atoms in total. The second-order valence-corrected chi connectivity index (χ2v) is 5.67. The molecule has 110 valence electrons. The molecule has 20 heavy (non-hydrogen) atoms. The van der Waals surface area contributed by atoms with E-state index < -0.39 is 0 Å². The van der Waals surface area contributed by atoms with Crippen LogP contribution in [0.3, 0.4) is 0 Å². The van der Waals surface area contributed by atoms with Crippen molar-refractivity contribution < 1.29 is 9.47 Å². The molecule has 1 saturated carbocycles. The van der Waals surface area contributed by atoms with Crippen LogP contribution in [0.5, 0.6) is 11.5 Å². The lowest BCUT2D eigenvalue weighted by Crippen LogP contribution is -2.15. The van der Waals surface area contributed by atoms with Crippen molar-refractivity contribution in [1.82, 2.24) is 0 Å². The monoisotopic (exact) mass is 274 g/mol. The molecule has 1 aromatic carbocycles. The number of hydrogen-bond acceptors (Lipinski definition) is 2. The van der Waals surface area contributed by atoms with Crippen LogP contribution in [0, 0.1) is 12.8 Å². The van der Waals surface area contributed by atoms with E-state index >= 15 is 0 Å². The second kappa shape index (κ2) is 7.37. The van der Waals surface area contributed by atoms with Gasteiger partial charge >= 0.3 is 0 Å². The topological polar surface area (TPSA) is 18.5 Å². The van der Waals surface area contributed by atoms with Crippen LogP contribution in [0.15, 0.2) is 18.2 Å². The molecule has 0 amide bonds. The number of allylic oxidation sites excluding steroid dienone is 1. The number of rotatable bonds is 5. The van der Waals surface area contributed by atoms with Crippen LogP contribution < -0.4 is 9.47 Å². The van der Waals surface area contributed by atoms with E-state index in [9.17, 15) is 0 Å². The summed E-state index contributed by atoms with van der Waals surface area (Å²) in [6.07, 6.45) is 10.9. The summed E-state index contributed by atoms with van der Waals surface area (Å²) in [6.45, 7) is 4.93. The molecule has 0 atom stereocenters. The highest BCUT2D eigenvalue weighted by molar-refractivity contribution is 5.61. The number of methoxy groups -OCH3 is 1. The molecular formula is C18H26O2. The van der Waals surface area contributed by atoms with Crippen molar-refractivity contribution in [3.05, 3.63) is 29.3 Å². The molecule has 2 heteroatoms. The maximum atomic E-state index is 6.10. The average Bonchev–Trinajstić information content (AvgIpc) is 2.48. The summed E-state index contributed by atoms with van der Waals surface area (Å²) in [5.41, 5.74) is 2.23. The van der Waals surface area contributed by atoms with Crippen molar-refractivity contribution in [2.24, 2.45) is 5.92 Å². The highest BCUT2D eigenvalue weighted by Gasteiger charge is 2.15. The molecule has 0 unspecified atom stereocenters. The van der Waals surface area contributed by atoms with Gasteiger partial charge in [0.15, 0.2) is 0 Å². The van der Waals surface area contributed by atoms with Crippen molar-refractivity contribution in [2.45, 2.75) is 46.0 Å². The summed E-state index contributed by atoms with van der Waals surface area (Å²) in [6, 6.07) is 4.16. The quantitative estimate of drug-likeness (QED) is 0.752. The van der Waals surface area contributed by atoms with Crippen LogP contribution in [0.1, 0.15) is 50.2 Å². The lowest BCUT2D eigenvalue weighted by atomic mass is 9.90. The van der Waals surface area contributed by atoms with Gasteiger partial charge in [-0.05, 0) is 50.3 Å². The van der Waals surface area contributed by atoms with Gasteiger partial charge in [-0.2, -0.15) is 0 Å². The van der Waals surface area contributed by atoms with Gasteiger partial charge in [-0.3, -0.25) is 0 Å². The first-order chi connectivity index (χ1) is 9.74. The molecule has 1 aliphatic carbocycles. The van der Waals surface area contributed by atoms with E-state index in [4.69, 9.17) is 9.47 Å². The Morgan fingerprint density at radius 2 is 1.90 bits per heavy atom. The molecule has 2 rings (SSSR count). The van der Waals surface area contributed by atoms with Crippen molar-refractivity contribution in [3.63, 3.8) is 0 Å². The second-order valence-electron chi connectivity index (χ2n) is 5.67. The molecule has 0 saturated heterocycles. The van der Waals surface area contributed by atoms with Crippen LogP contribution >= 0.6 is 0 Å². The van der Waals surface area contributed by atoms with Crippen molar-refractivity contribution >= 4 is 6.08 Å². The Labute approximate surface area is 122 Å². The molecule has 1 aromatic rings. The first kappa shape index (κ1) is 15.0. The minimum atomic E-state index is 0.726. The van der Waals surface area contributed by atoms with Crippen molar-refractivity contribution in [3.8, 4) is 11.5 Å². The minimum Gasteiger partial charge on any atom is -0.496 e. The Kier molecular flexibility index (Phi) is 5.51. The van der Waals surface area contributed by atoms with E-state index in [2.05, 4.69) is 25.1 Å². The molecule has 0 spiro atoms. The van der Waals surface area contributed by atoms with Crippen molar-refractivity contribution in [2.75, 3.05) is 13.7 Å². The van der Waals surface area contributed by atoms with E-state index in [0.29, 0.717) is 0 Å². The zero-order valence-corrected chi connectivity index (χ0v) is 12.9. The van der Waals surface area contributed by atoms with Gasteiger partial charge in [0.25, 0.3) is 0 Å². The normalized spacial score (nSPS) is 16.6. The van der Waals surface area contributed by atoms with Gasteiger partial charge in [0.1, 0.15) is 11.5 Å². The third-order valence-electron chi connectivity index (χ3n) is 4.07. The van der Waals surface area contributed by atoms with Crippen molar-refractivity contribution in [1.29, 1.82) is 0 Å². The predicted molar refractivity (Wildman–Crippen MR) is 84.5 cm³/mol. The van der Waals surface area contributed by atoms with E-state index in [1.807, 2.05) is 13.0 Å². The van der Waals surface area contributed by atoms with E-state index in [1.165, 1.54) is 32.1 Å². The highest BCUT2D eigenvalue weighted by Crippen LogP contribution is 2.31. The SMILES string of the molecule is C/C=C/c1cc(OC)c(C)cc1OCC1CCCCC1. The number of hydrogen-bond donors (Lipinski definition) is 0. The van der Waals surface area contributed by atoms with Crippen LogP contribution in [0.4, 0.5) is 0 Å². The zero-order chi connectivity index (χ0) is 14.4. The lowest BCUT2D eigenvalue weighted by Gasteiger charge is -2.22.